The van der Waals surface area contributed by atoms with Gasteiger partial charge in [-0.2, -0.15) is 0 Å². The Labute approximate surface area is 227 Å². The van der Waals surface area contributed by atoms with E-state index in [1.807, 2.05) is 30.3 Å². The Kier molecular flexibility index (Phi) is 12.5. The van der Waals surface area contributed by atoms with Crippen LogP contribution in [0.5, 0.6) is 0 Å². The largest absolute Gasteiger partial charge is 0.558 e. The van der Waals surface area contributed by atoms with Gasteiger partial charge in [0.05, 0.1) is 3.74 Å². The summed E-state index contributed by atoms with van der Waals surface area (Å²) >= 11 is 6.55. The number of halogens is 2. The van der Waals surface area contributed by atoms with E-state index in [9.17, 15) is 34.3 Å². The van der Waals surface area contributed by atoms with Gasteiger partial charge < -0.3 is 35.4 Å². The second kappa shape index (κ2) is 14.8. The van der Waals surface area contributed by atoms with Crippen LogP contribution in [0.3, 0.4) is 0 Å². The van der Waals surface area contributed by atoms with Crippen LogP contribution < -0.4 is 10.6 Å². The summed E-state index contributed by atoms with van der Waals surface area (Å²) in [5, 5.41) is 34.6. The van der Waals surface area contributed by atoms with Gasteiger partial charge in [-0.15, -0.1) is 0 Å². The predicted octanol–water partition coefficient (Wildman–Crippen LogP) is 0.910. The van der Waals surface area contributed by atoms with Crippen molar-refractivity contribution in [1.29, 1.82) is 0 Å². The van der Waals surface area contributed by atoms with Gasteiger partial charge in [-0.1, -0.05) is 68.6 Å². The Morgan fingerprint density at radius 2 is 1.81 bits per heavy atom. The van der Waals surface area contributed by atoms with Gasteiger partial charge >= 0.3 is 6.75 Å². The molecule has 0 unspecified atom stereocenters. The molecule has 0 spiro atoms. The molecule has 1 fully saturated rings. The SMILES string of the molecule is O=CCCCC(=O)N[C@@H](Cc1ccccc1)C(=O)N1CCC[C@H]1C(=O)N[C@@H](CCC(Br)Br)[B-](O)(O)O. The molecule has 1 saturated heterocycles. The molecular weight excluding hydrogens is 601 g/mol. The normalized spacial score (nSPS) is 17.5. The van der Waals surface area contributed by atoms with Crippen molar-refractivity contribution >= 4 is 62.6 Å². The summed E-state index contributed by atoms with van der Waals surface area (Å²) in [6, 6.07) is 7.37. The number of aldehydes is 1. The molecule has 0 radical (unpaired) electrons. The Bertz CT molecular complexity index is 886. The quantitative estimate of drug-likeness (QED) is 0.0882. The summed E-state index contributed by atoms with van der Waals surface area (Å²) in [5.41, 5.74) is 0.830. The maximum absolute atomic E-state index is 13.5. The highest BCUT2D eigenvalue weighted by molar-refractivity contribution is 9.24. The molecule has 1 aromatic carbocycles. The van der Waals surface area contributed by atoms with Crippen LogP contribution in [0.1, 0.15) is 50.5 Å². The maximum Gasteiger partial charge on any atom is 0.393 e. The molecule has 1 aliphatic heterocycles. The molecule has 5 N–H and O–H groups in total. The average molecular weight is 634 g/mol. The number of alkyl halides is 2. The van der Waals surface area contributed by atoms with Gasteiger partial charge in [0, 0.05) is 25.8 Å². The second-order valence-electron chi connectivity index (χ2n) is 8.94. The van der Waals surface area contributed by atoms with Crippen molar-refractivity contribution in [2.24, 2.45) is 0 Å². The van der Waals surface area contributed by atoms with Crippen LogP contribution in [0, 0.1) is 0 Å². The molecule has 0 aliphatic carbocycles. The Hall–Kier alpha value is -1.80. The Morgan fingerprint density at radius 3 is 2.42 bits per heavy atom. The number of amides is 3. The molecule has 200 valence electrons. The number of carbonyl (C=O) groups excluding carboxylic acids is 4. The fourth-order valence-electron chi connectivity index (χ4n) is 4.16. The molecular formula is C23H33BBr2N3O7-. The van der Waals surface area contributed by atoms with Crippen molar-refractivity contribution < 1.29 is 34.3 Å². The fourth-order valence-corrected chi connectivity index (χ4v) is 4.69. The zero-order valence-corrected chi connectivity index (χ0v) is 23.1. The van der Waals surface area contributed by atoms with E-state index in [2.05, 4.69) is 42.5 Å². The number of hydrogen-bond acceptors (Lipinski definition) is 7. The van der Waals surface area contributed by atoms with E-state index in [-0.39, 0.29) is 35.3 Å². The molecule has 10 nitrogen and oxygen atoms in total. The molecule has 3 atom stereocenters. The van der Waals surface area contributed by atoms with E-state index in [1.165, 1.54) is 4.90 Å². The third kappa shape index (κ3) is 9.93. The van der Waals surface area contributed by atoms with Crippen molar-refractivity contribution in [2.45, 2.75) is 73.1 Å². The van der Waals surface area contributed by atoms with Gasteiger partial charge in [0.1, 0.15) is 18.4 Å². The van der Waals surface area contributed by atoms with Gasteiger partial charge in [-0.3, -0.25) is 14.4 Å². The van der Waals surface area contributed by atoms with Crippen LogP contribution in [-0.4, -0.2) is 79.0 Å². The highest BCUT2D eigenvalue weighted by atomic mass is 79.9. The van der Waals surface area contributed by atoms with Gasteiger partial charge in [0.2, 0.25) is 17.7 Å². The van der Waals surface area contributed by atoms with Crippen molar-refractivity contribution in [3.63, 3.8) is 0 Å². The summed E-state index contributed by atoms with van der Waals surface area (Å²) in [6.45, 7) is -3.54. The van der Waals surface area contributed by atoms with E-state index in [1.54, 1.807) is 0 Å². The lowest BCUT2D eigenvalue weighted by Gasteiger charge is -2.35. The molecule has 36 heavy (non-hydrogen) atoms. The molecule has 1 aliphatic rings. The van der Waals surface area contributed by atoms with Crippen LogP contribution in [0.15, 0.2) is 30.3 Å². The first-order chi connectivity index (χ1) is 17.0. The monoisotopic (exact) mass is 632 g/mol. The van der Waals surface area contributed by atoms with Crippen LogP contribution in [0.25, 0.3) is 0 Å². The minimum atomic E-state index is -3.83. The minimum Gasteiger partial charge on any atom is -0.558 e. The number of unbranched alkanes of at least 4 members (excludes halogenated alkanes) is 1. The first kappa shape index (κ1) is 30.4. The van der Waals surface area contributed by atoms with Crippen molar-refractivity contribution in [3.05, 3.63) is 35.9 Å². The van der Waals surface area contributed by atoms with Crippen LogP contribution in [0.2, 0.25) is 0 Å². The Morgan fingerprint density at radius 1 is 1.11 bits per heavy atom. The van der Waals surface area contributed by atoms with E-state index in [4.69, 9.17) is 0 Å². The molecule has 0 saturated carbocycles. The highest BCUT2D eigenvalue weighted by Gasteiger charge is 2.39. The topological polar surface area (TPSA) is 156 Å². The molecule has 3 amide bonds. The summed E-state index contributed by atoms with van der Waals surface area (Å²) in [7, 11) is 0. The lowest BCUT2D eigenvalue weighted by Crippen LogP contribution is -2.61. The van der Waals surface area contributed by atoms with E-state index in [0.717, 1.165) is 11.8 Å². The molecule has 0 bridgehead atoms. The number of nitrogens with one attached hydrogen (secondary N) is 2. The molecule has 0 aromatic heterocycles. The summed E-state index contributed by atoms with van der Waals surface area (Å²) in [5.74, 6) is -2.71. The van der Waals surface area contributed by atoms with E-state index >= 15 is 0 Å². The zero-order chi connectivity index (χ0) is 26.7. The van der Waals surface area contributed by atoms with E-state index in [0.29, 0.717) is 32.2 Å². The molecule has 1 aromatic rings. The van der Waals surface area contributed by atoms with Crippen molar-refractivity contribution in [3.8, 4) is 0 Å². The first-order valence-corrected chi connectivity index (χ1v) is 13.8. The number of hydrogen-bond donors (Lipinski definition) is 5. The minimum absolute atomic E-state index is 0.0740. The van der Waals surface area contributed by atoms with Crippen LogP contribution in [0.4, 0.5) is 0 Å². The molecule has 13 heteroatoms. The van der Waals surface area contributed by atoms with Crippen molar-refractivity contribution in [2.75, 3.05) is 6.54 Å². The number of rotatable bonds is 14. The van der Waals surface area contributed by atoms with Crippen LogP contribution in [-0.2, 0) is 25.6 Å². The number of likely N-dealkylation sites (tertiary alicyclic amines) is 1. The summed E-state index contributed by atoms with van der Waals surface area (Å²) in [4.78, 5) is 51.0. The smallest absolute Gasteiger partial charge is 0.393 e. The van der Waals surface area contributed by atoms with Crippen LogP contribution >= 0.6 is 31.9 Å². The lowest BCUT2D eigenvalue weighted by atomic mass is 9.68. The van der Waals surface area contributed by atoms with Gasteiger partial charge in [0.15, 0.2) is 0 Å². The highest BCUT2D eigenvalue weighted by Crippen LogP contribution is 2.22. The third-order valence-electron chi connectivity index (χ3n) is 6.04. The maximum atomic E-state index is 13.5. The summed E-state index contributed by atoms with van der Waals surface area (Å²) < 4.78 is -0.152. The molecule has 2 rings (SSSR count). The second-order valence-corrected chi connectivity index (χ2v) is 12.4. The predicted molar refractivity (Wildman–Crippen MR) is 142 cm³/mol. The fraction of sp³-hybridized carbons (Fsp3) is 0.565. The standard InChI is InChI=1S/C23H33BBr2N3O7/c25-20(26)12-11-19(24(34,35)36)28-22(32)18-9-6-13-29(18)23(33)17(15-16-7-2-1-3-8-16)27-21(31)10-4-5-14-30/h1-3,7-8,14,17-20,34-36H,4-6,9-13,15H2,(H,27,31)(H,28,32)/q-1/t17-,18-,19-/m0/s1. The van der Waals surface area contributed by atoms with Gasteiger partial charge in [-0.25, -0.2) is 0 Å². The number of nitrogens with zero attached hydrogens (tertiary/aromatic N) is 1. The molecule has 1 heterocycles. The lowest BCUT2D eigenvalue weighted by molar-refractivity contribution is -0.141. The van der Waals surface area contributed by atoms with Crippen molar-refractivity contribution in [1.82, 2.24) is 15.5 Å². The van der Waals surface area contributed by atoms with E-state index < -0.39 is 36.6 Å². The number of carbonyl (C=O) groups is 4. The van der Waals surface area contributed by atoms with Gasteiger partial charge in [-0.05, 0) is 37.2 Å². The Balaban J connectivity index is 2.16. The number of benzene rings is 1. The third-order valence-corrected chi connectivity index (χ3v) is 6.96. The zero-order valence-electron chi connectivity index (χ0n) is 19.9. The first-order valence-electron chi connectivity index (χ1n) is 12.0. The summed E-state index contributed by atoms with van der Waals surface area (Å²) in [6.07, 6.45) is 3.04. The average Bonchev–Trinajstić information content (AvgIpc) is 3.31. The van der Waals surface area contributed by atoms with Gasteiger partial charge in [0.25, 0.3) is 0 Å².